The van der Waals surface area contributed by atoms with E-state index in [1.165, 1.54) is 4.88 Å². The molecule has 4 nitrogen and oxygen atoms in total. The fourth-order valence-corrected chi connectivity index (χ4v) is 2.55. The van der Waals surface area contributed by atoms with Gasteiger partial charge in [0.25, 0.3) is 0 Å². The minimum atomic E-state index is 0.117. The zero-order valence-corrected chi connectivity index (χ0v) is 12.4. The lowest BCUT2D eigenvalue weighted by Crippen LogP contribution is -2.35. The third kappa shape index (κ3) is 6.68. The van der Waals surface area contributed by atoms with E-state index in [0.29, 0.717) is 6.61 Å². The van der Waals surface area contributed by atoms with E-state index in [-0.39, 0.29) is 6.10 Å². The van der Waals surface area contributed by atoms with Crippen LogP contribution in [0.2, 0.25) is 4.34 Å². The summed E-state index contributed by atoms with van der Waals surface area (Å²) in [6.45, 7) is 4.11. The topological polar surface area (TPSA) is 42.5 Å². The number of hydrogen-bond donors (Lipinski definition) is 2. The largest absolute Gasteiger partial charge is 0.382 e. The molecular weight excluding hydrogens is 272 g/mol. The molecule has 0 aromatic carbocycles. The molecule has 1 aromatic heterocycles. The van der Waals surface area contributed by atoms with Crippen molar-refractivity contribution in [3.63, 3.8) is 0 Å². The lowest BCUT2D eigenvalue weighted by molar-refractivity contribution is 0.0291. The first-order valence-corrected chi connectivity index (χ1v) is 7.13. The van der Waals surface area contributed by atoms with Gasteiger partial charge in [0.2, 0.25) is 0 Å². The van der Waals surface area contributed by atoms with Gasteiger partial charge in [-0.25, -0.2) is 0 Å². The van der Waals surface area contributed by atoms with Crippen LogP contribution in [0.3, 0.4) is 0 Å². The molecule has 0 bridgehead atoms. The Bertz CT molecular complexity index is 323. The summed E-state index contributed by atoms with van der Waals surface area (Å²) in [7, 11) is 3.38. The molecule has 0 fully saturated rings. The summed E-state index contributed by atoms with van der Waals surface area (Å²) in [5, 5.41) is 6.68. The average molecular weight is 293 g/mol. The molecule has 0 aliphatic carbocycles. The highest BCUT2D eigenvalue weighted by molar-refractivity contribution is 7.16. The Balaban J connectivity index is 1.98. The molecule has 18 heavy (non-hydrogen) atoms. The predicted molar refractivity (Wildman–Crippen MR) is 76.6 cm³/mol. The van der Waals surface area contributed by atoms with Gasteiger partial charge in [0.15, 0.2) is 0 Å². The lowest BCUT2D eigenvalue weighted by atomic mass is 10.3. The average Bonchev–Trinajstić information content (AvgIpc) is 2.78. The maximum absolute atomic E-state index is 5.86. The smallest absolute Gasteiger partial charge is 0.0931 e. The molecule has 1 atom stereocenters. The van der Waals surface area contributed by atoms with Crippen LogP contribution in [0.4, 0.5) is 0 Å². The van der Waals surface area contributed by atoms with Gasteiger partial charge in [-0.05, 0) is 12.1 Å². The van der Waals surface area contributed by atoms with E-state index < -0.39 is 0 Å². The maximum Gasteiger partial charge on any atom is 0.0931 e. The summed E-state index contributed by atoms with van der Waals surface area (Å²) in [5.41, 5.74) is 0. The fourth-order valence-electron chi connectivity index (χ4n) is 1.49. The molecule has 0 radical (unpaired) electrons. The van der Waals surface area contributed by atoms with E-state index in [0.717, 1.165) is 30.5 Å². The van der Waals surface area contributed by atoms with E-state index in [9.17, 15) is 0 Å². The Hall–Kier alpha value is -0.170. The van der Waals surface area contributed by atoms with E-state index in [2.05, 4.69) is 10.6 Å². The SMILES string of the molecule is COCC(CNCCNCc1ccc(Cl)s1)OC. The van der Waals surface area contributed by atoms with E-state index in [1.54, 1.807) is 25.6 Å². The summed E-state index contributed by atoms with van der Waals surface area (Å²) in [6, 6.07) is 3.97. The molecular formula is C12H21ClN2O2S. The van der Waals surface area contributed by atoms with Crippen LogP contribution in [-0.4, -0.2) is 46.6 Å². The highest BCUT2D eigenvalue weighted by Gasteiger charge is 2.05. The highest BCUT2D eigenvalue weighted by Crippen LogP contribution is 2.20. The number of nitrogens with one attached hydrogen (secondary N) is 2. The quantitative estimate of drug-likeness (QED) is 0.645. The third-order valence-corrected chi connectivity index (χ3v) is 3.70. The van der Waals surface area contributed by atoms with Gasteiger partial charge in [-0.2, -0.15) is 0 Å². The normalized spacial score (nSPS) is 12.8. The molecule has 0 saturated heterocycles. The number of thiophene rings is 1. The van der Waals surface area contributed by atoms with Gasteiger partial charge in [0.05, 0.1) is 17.0 Å². The molecule has 0 aliphatic rings. The third-order valence-electron chi connectivity index (χ3n) is 2.46. The minimum Gasteiger partial charge on any atom is -0.382 e. The molecule has 1 unspecified atom stereocenters. The number of ether oxygens (including phenoxy) is 2. The van der Waals surface area contributed by atoms with Crippen molar-refractivity contribution in [2.45, 2.75) is 12.6 Å². The van der Waals surface area contributed by atoms with E-state index >= 15 is 0 Å². The number of hydrogen-bond acceptors (Lipinski definition) is 5. The summed E-state index contributed by atoms with van der Waals surface area (Å²) >= 11 is 7.47. The van der Waals surface area contributed by atoms with Crippen molar-refractivity contribution in [1.29, 1.82) is 0 Å². The molecule has 0 spiro atoms. The predicted octanol–water partition coefficient (Wildman–Crippen LogP) is 1.74. The molecule has 6 heteroatoms. The van der Waals surface area contributed by atoms with Crippen molar-refractivity contribution in [3.05, 3.63) is 21.3 Å². The van der Waals surface area contributed by atoms with Crippen LogP contribution in [0, 0.1) is 0 Å². The van der Waals surface area contributed by atoms with Crippen LogP contribution in [0.15, 0.2) is 12.1 Å². The van der Waals surface area contributed by atoms with Crippen LogP contribution in [0.1, 0.15) is 4.88 Å². The Kier molecular flexibility index (Phi) is 8.58. The Labute approximate surface area is 118 Å². The van der Waals surface area contributed by atoms with Crippen molar-refractivity contribution in [2.75, 3.05) is 40.5 Å². The Morgan fingerprint density at radius 2 is 2.06 bits per heavy atom. The van der Waals surface area contributed by atoms with Crippen LogP contribution in [0.5, 0.6) is 0 Å². The zero-order valence-electron chi connectivity index (χ0n) is 10.9. The Morgan fingerprint density at radius 1 is 1.28 bits per heavy atom. The summed E-state index contributed by atoms with van der Waals surface area (Å²) < 4.78 is 11.1. The first kappa shape index (κ1) is 15.9. The minimum absolute atomic E-state index is 0.117. The molecule has 2 N–H and O–H groups in total. The van der Waals surface area contributed by atoms with Crippen molar-refractivity contribution in [3.8, 4) is 0 Å². The van der Waals surface area contributed by atoms with Gasteiger partial charge in [0, 0.05) is 45.3 Å². The van der Waals surface area contributed by atoms with Crippen molar-refractivity contribution in [1.82, 2.24) is 10.6 Å². The van der Waals surface area contributed by atoms with Gasteiger partial charge in [-0.1, -0.05) is 11.6 Å². The van der Waals surface area contributed by atoms with Crippen molar-refractivity contribution >= 4 is 22.9 Å². The fraction of sp³-hybridized carbons (Fsp3) is 0.667. The molecule has 1 aromatic rings. The van der Waals surface area contributed by atoms with Crippen LogP contribution in [-0.2, 0) is 16.0 Å². The van der Waals surface area contributed by atoms with Gasteiger partial charge in [0.1, 0.15) is 0 Å². The number of rotatable bonds is 10. The lowest BCUT2D eigenvalue weighted by Gasteiger charge is -2.15. The standard InChI is InChI=1S/C12H21ClN2O2S/c1-16-9-10(17-2)7-14-5-6-15-8-11-3-4-12(13)18-11/h3-4,10,14-15H,5-9H2,1-2H3. The van der Waals surface area contributed by atoms with Crippen LogP contribution >= 0.6 is 22.9 Å². The Morgan fingerprint density at radius 3 is 2.67 bits per heavy atom. The monoisotopic (exact) mass is 292 g/mol. The second-order valence-corrected chi connectivity index (χ2v) is 5.70. The summed E-state index contributed by atoms with van der Waals surface area (Å²) in [5.74, 6) is 0. The van der Waals surface area contributed by atoms with E-state index in [4.69, 9.17) is 21.1 Å². The zero-order chi connectivity index (χ0) is 13.2. The number of methoxy groups -OCH3 is 2. The van der Waals surface area contributed by atoms with Gasteiger partial charge in [-0.15, -0.1) is 11.3 Å². The van der Waals surface area contributed by atoms with Gasteiger partial charge >= 0.3 is 0 Å². The first-order chi connectivity index (χ1) is 8.76. The summed E-state index contributed by atoms with van der Waals surface area (Å²) in [6.07, 6.45) is 0.117. The molecule has 0 saturated carbocycles. The second-order valence-electron chi connectivity index (χ2n) is 3.90. The van der Waals surface area contributed by atoms with Crippen molar-refractivity contribution in [2.24, 2.45) is 0 Å². The number of halogens is 1. The highest BCUT2D eigenvalue weighted by atomic mass is 35.5. The molecule has 0 aliphatic heterocycles. The van der Waals surface area contributed by atoms with Crippen LogP contribution in [0.25, 0.3) is 0 Å². The molecule has 104 valence electrons. The van der Waals surface area contributed by atoms with Gasteiger partial charge < -0.3 is 20.1 Å². The summed E-state index contributed by atoms with van der Waals surface area (Å²) in [4.78, 5) is 1.26. The maximum atomic E-state index is 5.86. The van der Waals surface area contributed by atoms with Gasteiger partial charge in [-0.3, -0.25) is 0 Å². The molecule has 0 amide bonds. The molecule has 1 rings (SSSR count). The van der Waals surface area contributed by atoms with E-state index in [1.807, 2.05) is 12.1 Å². The molecule has 1 heterocycles. The second kappa shape index (κ2) is 9.72. The van der Waals surface area contributed by atoms with Crippen molar-refractivity contribution < 1.29 is 9.47 Å². The first-order valence-electron chi connectivity index (χ1n) is 5.93. The van der Waals surface area contributed by atoms with Crippen LogP contribution < -0.4 is 10.6 Å².